The molecule has 1 aromatic carbocycles. The molecular weight excluding hydrogens is 382 g/mol. The topological polar surface area (TPSA) is 98.1 Å². The van der Waals surface area contributed by atoms with Crippen LogP contribution < -0.4 is 16.3 Å². The summed E-state index contributed by atoms with van der Waals surface area (Å²) in [5.41, 5.74) is 3.55. The van der Waals surface area contributed by atoms with Crippen LogP contribution >= 0.6 is 0 Å². The molecule has 0 atom stereocenters. The number of pyridine rings is 1. The quantitative estimate of drug-likeness (QED) is 0.512. The highest BCUT2D eigenvalue weighted by molar-refractivity contribution is 5.73. The van der Waals surface area contributed by atoms with E-state index in [-0.39, 0.29) is 16.9 Å². The van der Waals surface area contributed by atoms with Crippen molar-refractivity contribution in [3.8, 4) is 11.8 Å². The van der Waals surface area contributed by atoms with Gasteiger partial charge in [-0.25, -0.2) is 14.8 Å². The lowest BCUT2D eigenvalue weighted by molar-refractivity contribution is 0.0529. The van der Waals surface area contributed by atoms with Crippen LogP contribution in [0.15, 0.2) is 53.5 Å². The van der Waals surface area contributed by atoms with E-state index < -0.39 is 11.7 Å². The molecule has 2 N–H and O–H groups in total. The van der Waals surface area contributed by atoms with E-state index in [1.807, 2.05) is 30.3 Å². The second kappa shape index (κ2) is 9.09. The number of benzene rings is 1. The molecule has 0 aliphatic heterocycles. The number of rotatable bonds is 4. The molecule has 3 rings (SSSR count). The Labute approximate surface area is 174 Å². The fourth-order valence-electron chi connectivity index (χ4n) is 2.53. The van der Waals surface area contributed by atoms with Gasteiger partial charge in [0.15, 0.2) is 5.52 Å². The van der Waals surface area contributed by atoms with Gasteiger partial charge in [-0.2, -0.15) is 4.68 Å². The third-order valence-electron chi connectivity index (χ3n) is 3.76. The molecule has 0 aliphatic rings. The smallest absolute Gasteiger partial charge is 0.407 e. The zero-order valence-corrected chi connectivity index (χ0v) is 17.1. The summed E-state index contributed by atoms with van der Waals surface area (Å²) in [5, 5.41) is 2.64. The van der Waals surface area contributed by atoms with E-state index in [2.05, 4.69) is 32.6 Å². The fraction of sp³-hybridized carbons (Fsp3) is 0.273. The van der Waals surface area contributed by atoms with Crippen molar-refractivity contribution in [2.45, 2.75) is 32.8 Å². The van der Waals surface area contributed by atoms with Gasteiger partial charge in [-0.05, 0) is 51.0 Å². The molecule has 0 radical (unpaired) electrons. The molecule has 2 heterocycles. The van der Waals surface area contributed by atoms with Gasteiger partial charge in [0.1, 0.15) is 5.60 Å². The third kappa shape index (κ3) is 5.58. The number of nitrogens with one attached hydrogen (secondary N) is 2. The maximum atomic E-state index is 12.9. The minimum atomic E-state index is -0.558. The molecular formula is C22H23N5O3. The van der Waals surface area contributed by atoms with Gasteiger partial charge in [0, 0.05) is 19.2 Å². The van der Waals surface area contributed by atoms with E-state index in [0.717, 1.165) is 0 Å². The number of carbonyl (C=O) groups is 1. The zero-order valence-electron chi connectivity index (χ0n) is 17.1. The highest BCUT2D eigenvalue weighted by Gasteiger charge is 2.15. The van der Waals surface area contributed by atoms with Crippen LogP contribution in [0.3, 0.4) is 0 Å². The minimum Gasteiger partial charge on any atom is -0.444 e. The lowest BCUT2D eigenvalue weighted by Gasteiger charge is -2.19. The average Bonchev–Trinajstić information content (AvgIpc) is 2.70. The fourth-order valence-corrected chi connectivity index (χ4v) is 2.53. The van der Waals surface area contributed by atoms with Gasteiger partial charge in [-0.3, -0.25) is 10.2 Å². The molecule has 2 aromatic heterocycles. The Morgan fingerprint density at radius 2 is 1.93 bits per heavy atom. The van der Waals surface area contributed by atoms with E-state index in [1.54, 1.807) is 39.1 Å². The molecule has 30 heavy (non-hydrogen) atoms. The van der Waals surface area contributed by atoms with Gasteiger partial charge in [-0.1, -0.05) is 24.1 Å². The summed E-state index contributed by atoms with van der Waals surface area (Å²) in [6, 6.07) is 12.7. The van der Waals surface area contributed by atoms with Crippen LogP contribution in [0, 0.1) is 11.8 Å². The molecule has 0 spiro atoms. The van der Waals surface area contributed by atoms with Gasteiger partial charge in [-0.15, -0.1) is 0 Å². The van der Waals surface area contributed by atoms with Crippen molar-refractivity contribution in [1.82, 2.24) is 20.0 Å². The Morgan fingerprint density at radius 3 is 2.67 bits per heavy atom. The zero-order chi connectivity index (χ0) is 21.6. The number of carbonyl (C=O) groups excluding carboxylic acids is 1. The first kappa shape index (κ1) is 20.9. The van der Waals surface area contributed by atoms with Crippen LogP contribution in [0.1, 0.15) is 33.0 Å². The molecule has 0 saturated carbocycles. The van der Waals surface area contributed by atoms with Crippen LogP contribution in [0.2, 0.25) is 0 Å². The first-order valence-corrected chi connectivity index (χ1v) is 9.49. The monoisotopic (exact) mass is 405 g/mol. The molecule has 0 fully saturated rings. The number of fused-ring (bicyclic) bond motifs is 1. The Morgan fingerprint density at radius 1 is 1.17 bits per heavy atom. The van der Waals surface area contributed by atoms with Crippen molar-refractivity contribution in [3.05, 3.63) is 64.8 Å². The summed E-state index contributed by atoms with van der Waals surface area (Å²) < 4.78 is 6.46. The molecule has 0 bridgehead atoms. The van der Waals surface area contributed by atoms with Gasteiger partial charge >= 0.3 is 6.09 Å². The summed E-state index contributed by atoms with van der Waals surface area (Å²) in [6.45, 7) is 5.70. The summed E-state index contributed by atoms with van der Waals surface area (Å²) in [5.74, 6) is 6.09. The van der Waals surface area contributed by atoms with Gasteiger partial charge in [0.05, 0.1) is 11.2 Å². The van der Waals surface area contributed by atoms with Crippen molar-refractivity contribution in [2.24, 2.45) is 0 Å². The molecule has 3 aromatic rings. The largest absolute Gasteiger partial charge is 0.444 e. The van der Waals surface area contributed by atoms with Crippen molar-refractivity contribution in [2.75, 3.05) is 12.0 Å². The molecule has 1 amide bonds. The maximum absolute atomic E-state index is 12.9. The second-order valence-electron chi connectivity index (χ2n) is 7.41. The lowest BCUT2D eigenvalue weighted by Crippen LogP contribution is -2.32. The van der Waals surface area contributed by atoms with E-state index in [4.69, 9.17) is 4.74 Å². The summed E-state index contributed by atoms with van der Waals surface area (Å²) in [4.78, 5) is 33.2. The first-order valence-electron chi connectivity index (χ1n) is 9.49. The molecule has 8 heteroatoms. The predicted molar refractivity (Wildman–Crippen MR) is 115 cm³/mol. The number of hydrogen-bond acceptors (Lipinski definition) is 6. The number of amides is 1. The van der Waals surface area contributed by atoms with Crippen LogP contribution in [0.25, 0.3) is 11.0 Å². The van der Waals surface area contributed by atoms with E-state index in [1.165, 1.54) is 4.68 Å². The Bertz CT molecular complexity index is 1150. The molecule has 8 nitrogen and oxygen atoms in total. The minimum absolute atomic E-state index is 0.248. The van der Waals surface area contributed by atoms with Crippen molar-refractivity contribution in [1.29, 1.82) is 0 Å². The number of nitrogens with zero attached hydrogens (tertiary/aromatic N) is 3. The number of alkyl carbamates (subject to hydrolysis) is 1. The Balaban J connectivity index is 1.81. The number of ether oxygens (including phenoxy) is 1. The van der Waals surface area contributed by atoms with Crippen LogP contribution in [0.5, 0.6) is 0 Å². The number of para-hydroxylation sites is 1. The lowest BCUT2D eigenvalue weighted by atomic mass is 10.2. The van der Waals surface area contributed by atoms with E-state index >= 15 is 0 Å². The molecule has 154 valence electrons. The van der Waals surface area contributed by atoms with Gasteiger partial charge in [0.25, 0.3) is 5.56 Å². The highest BCUT2D eigenvalue weighted by Crippen LogP contribution is 2.09. The number of hydrogen-bond donors (Lipinski definition) is 2. The van der Waals surface area contributed by atoms with E-state index in [9.17, 15) is 9.59 Å². The molecule has 0 unspecified atom stereocenters. The number of anilines is 1. The Kier molecular flexibility index (Phi) is 6.32. The van der Waals surface area contributed by atoms with Gasteiger partial charge in [0.2, 0.25) is 5.82 Å². The second-order valence-corrected chi connectivity index (χ2v) is 7.41. The van der Waals surface area contributed by atoms with Gasteiger partial charge < -0.3 is 10.1 Å². The summed E-state index contributed by atoms with van der Waals surface area (Å²) >= 11 is 0. The SMILES string of the molecule is CC(C)(C)OC(=O)NCCC#Cc1nc2cccnc2c(=O)n1Nc1ccccc1. The maximum Gasteiger partial charge on any atom is 0.407 e. The van der Waals surface area contributed by atoms with E-state index in [0.29, 0.717) is 24.2 Å². The predicted octanol–water partition coefficient (Wildman–Crippen LogP) is 2.93. The van der Waals surface area contributed by atoms with Crippen molar-refractivity contribution >= 4 is 22.8 Å². The molecule has 0 aliphatic carbocycles. The Hall–Kier alpha value is -3.86. The standard InChI is InChI=1S/C22H23N5O3/c1-22(2,3)30-21(29)24-14-8-7-13-18-25-17-12-9-15-23-19(17)20(28)27(18)26-16-10-5-4-6-11-16/h4-6,9-12,15,26H,8,14H2,1-3H3,(H,24,29). The number of aromatic nitrogens is 3. The molecule has 0 saturated heterocycles. The van der Waals surface area contributed by atoms with Crippen molar-refractivity contribution < 1.29 is 9.53 Å². The van der Waals surface area contributed by atoms with Crippen LogP contribution in [0.4, 0.5) is 10.5 Å². The first-order chi connectivity index (χ1) is 14.3. The normalized spacial score (nSPS) is 10.8. The average molecular weight is 405 g/mol. The van der Waals surface area contributed by atoms with Crippen molar-refractivity contribution in [3.63, 3.8) is 0 Å². The van der Waals surface area contributed by atoms with Crippen LogP contribution in [-0.2, 0) is 4.74 Å². The highest BCUT2D eigenvalue weighted by atomic mass is 16.6. The third-order valence-corrected chi connectivity index (χ3v) is 3.76. The summed E-state index contributed by atoms with van der Waals surface area (Å²) in [6.07, 6.45) is 1.42. The summed E-state index contributed by atoms with van der Waals surface area (Å²) in [7, 11) is 0. The van der Waals surface area contributed by atoms with Crippen LogP contribution in [-0.4, -0.2) is 32.9 Å².